The minimum Gasteiger partial charge on any atom is -0.297 e. The second-order valence-corrected chi connectivity index (χ2v) is 11.1. The zero-order valence-corrected chi connectivity index (χ0v) is 17.6. The zero-order chi connectivity index (χ0) is 19.5. The van der Waals surface area contributed by atoms with Crippen LogP contribution in [0.25, 0.3) is 10.4 Å². The van der Waals surface area contributed by atoms with E-state index in [1.54, 1.807) is 11.3 Å². The average Bonchev–Trinajstić information content (AvgIpc) is 3.43. The van der Waals surface area contributed by atoms with Crippen LogP contribution in [0.4, 0.5) is 0 Å². The number of rotatable bonds is 4. The van der Waals surface area contributed by atoms with Gasteiger partial charge in [0.2, 0.25) is 0 Å². The molecule has 5 rings (SSSR count). The molecule has 7 heteroatoms. The van der Waals surface area contributed by atoms with E-state index in [2.05, 4.69) is 47.6 Å². The Hall–Kier alpha value is -1.96. The number of likely N-dealkylation sites (tertiary alicyclic amines) is 1. The van der Waals surface area contributed by atoms with Crippen molar-refractivity contribution in [3.8, 4) is 10.4 Å². The SMILES string of the molecule is CC(C)n1cc(CN2C[C@@H]3[C@@H](C2)c2cc(-c4cccs4)ccc2S3(=O)=O)cn1. The molecule has 2 aliphatic rings. The molecule has 0 aliphatic carbocycles. The molecule has 0 spiro atoms. The van der Waals surface area contributed by atoms with Crippen molar-refractivity contribution in [2.75, 3.05) is 13.1 Å². The molecule has 3 aromatic rings. The summed E-state index contributed by atoms with van der Waals surface area (Å²) in [4.78, 5) is 3.98. The van der Waals surface area contributed by atoms with Crippen LogP contribution in [0.15, 0.2) is 53.0 Å². The summed E-state index contributed by atoms with van der Waals surface area (Å²) in [5.41, 5.74) is 3.25. The Morgan fingerprint density at radius 2 is 2.11 bits per heavy atom. The van der Waals surface area contributed by atoms with Gasteiger partial charge in [-0.1, -0.05) is 12.1 Å². The van der Waals surface area contributed by atoms with Crippen molar-refractivity contribution >= 4 is 21.2 Å². The Labute approximate surface area is 169 Å². The third kappa shape index (κ3) is 2.84. The average molecular weight is 414 g/mol. The van der Waals surface area contributed by atoms with Gasteiger partial charge >= 0.3 is 0 Å². The first-order chi connectivity index (χ1) is 13.4. The summed E-state index contributed by atoms with van der Waals surface area (Å²) >= 11 is 1.68. The second-order valence-electron chi connectivity index (χ2n) is 8.04. The van der Waals surface area contributed by atoms with Gasteiger partial charge in [0.1, 0.15) is 0 Å². The molecule has 4 heterocycles. The summed E-state index contributed by atoms with van der Waals surface area (Å²) in [5.74, 6) is 0.0556. The van der Waals surface area contributed by atoms with E-state index in [0.29, 0.717) is 17.5 Å². The first-order valence-corrected chi connectivity index (χ1v) is 12.0. The lowest BCUT2D eigenvalue weighted by atomic mass is 9.96. The largest absolute Gasteiger partial charge is 0.297 e. The molecule has 1 fully saturated rings. The van der Waals surface area contributed by atoms with Gasteiger partial charge < -0.3 is 0 Å². The van der Waals surface area contributed by atoms with Gasteiger partial charge in [-0.3, -0.25) is 9.58 Å². The standard InChI is InChI=1S/C21H23N3O2S2/c1-14(2)24-11-15(9-22-24)10-23-12-18-17-8-16(19-4-3-7-27-19)5-6-20(17)28(25,26)21(18)13-23/h3-9,11,14,18,21H,10,12-13H2,1-2H3/t18-,21+/m0/s1. The van der Waals surface area contributed by atoms with E-state index in [0.717, 1.165) is 29.8 Å². The van der Waals surface area contributed by atoms with Crippen LogP contribution in [0, 0.1) is 0 Å². The van der Waals surface area contributed by atoms with Crippen molar-refractivity contribution < 1.29 is 8.42 Å². The first-order valence-electron chi connectivity index (χ1n) is 9.60. The summed E-state index contributed by atoms with van der Waals surface area (Å²) in [6, 6.07) is 10.3. The lowest BCUT2D eigenvalue weighted by molar-refractivity contribution is 0.325. The minimum atomic E-state index is -3.26. The molecule has 0 bridgehead atoms. The Bertz CT molecular complexity index is 1120. The molecule has 2 atom stereocenters. The van der Waals surface area contributed by atoms with Crippen LogP contribution in [0.5, 0.6) is 0 Å². The monoisotopic (exact) mass is 413 g/mol. The van der Waals surface area contributed by atoms with Crippen LogP contribution in [0.3, 0.4) is 0 Å². The van der Waals surface area contributed by atoms with Crippen LogP contribution in [-0.4, -0.2) is 41.4 Å². The van der Waals surface area contributed by atoms with Crippen molar-refractivity contribution in [3.63, 3.8) is 0 Å². The number of fused-ring (bicyclic) bond motifs is 3. The quantitative estimate of drug-likeness (QED) is 0.650. The van der Waals surface area contributed by atoms with Crippen molar-refractivity contribution in [1.29, 1.82) is 0 Å². The van der Waals surface area contributed by atoms with Gasteiger partial charge in [-0.25, -0.2) is 8.42 Å². The normalized spacial score (nSPS) is 23.2. The topological polar surface area (TPSA) is 55.2 Å². The Kier molecular flexibility index (Phi) is 4.23. The fraction of sp³-hybridized carbons (Fsp3) is 0.381. The molecule has 0 N–H and O–H groups in total. The Balaban J connectivity index is 1.43. The highest BCUT2D eigenvalue weighted by Crippen LogP contribution is 2.46. The fourth-order valence-corrected chi connectivity index (χ4v) is 7.37. The molecule has 28 heavy (non-hydrogen) atoms. The van der Waals surface area contributed by atoms with Crippen LogP contribution >= 0.6 is 11.3 Å². The van der Waals surface area contributed by atoms with Crippen LogP contribution in [-0.2, 0) is 16.4 Å². The number of benzene rings is 1. The van der Waals surface area contributed by atoms with Gasteiger partial charge in [0.05, 0.1) is 16.3 Å². The summed E-state index contributed by atoms with van der Waals surface area (Å²) in [5, 5.41) is 6.13. The van der Waals surface area contributed by atoms with Crippen molar-refractivity contribution in [2.45, 2.75) is 42.5 Å². The van der Waals surface area contributed by atoms with Crippen molar-refractivity contribution in [3.05, 3.63) is 59.2 Å². The van der Waals surface area contributed by atoms with Crippen LogP contribution in [0.2, 0.25) is 0 Å². The maximum absolute atomic E-state index is 13.1. The molecule has 0 unspecified atom stereocenters. The highest BCUT2D eigenvalue weighted by atomic mass is 32.2. The molecule has 0 saturated carbocycles. The predicted molar refractivity (Wildman–Crippen MR) is 111 cm³/mol. The van der Waals surface area contributed by atoms with Crippen molar-refractivity contribution in [1.82, 2.24) is 14.7 Å². The van der Waals surface area contributed by atoms with Gasteiger partial charge in [0.15, 0.2) is 9.84 Å². The molecule has 5 nitrogen and oxygen atoms in total. The smallest absolute Gasteiger partial charge is 0.183 e. The molecule has 146 valence electrons. The van der Waals surface area contributed by atoms with E-state index in [9.17, 15) is 8.42 Å². The van der Waals surface area contributed by atoms with Gasteiger partial charge in [0, 0.05) is 48.2 Å². The lowest BCUT2D eigenvalue weighted by Crippen LogP contribution is -2.25. The zero-order valence-electron chi connectivity index (χ0n) is 15.9. The molecule has 1 aromatic carbocycles. The highest BCUT2D eigenvalue weighted by Gasteiger charge is 2.50. The molecular formula is C21H23N3O2S2. The van der Waals surface area contributed by atoms with Crippen LogP contribution in [0.1, 0.15) is 36.9 Å². The second kappa shape index (κ2) is 6.54. The third-order valence-electron chi connectivity index (χ3n) is 5.85. The van der Waals surface area contributed by atoms with Gasteiger partial charge in [-0.2, -0.15) is 5.10 Å². The van der Waals surface area contributed by atoms with Crippen LogP contribution < -0.4 is 0 Å². The third-order valence-corrected chi connectivity index (χ3v) is 9.03. The van der Waals surface area contributed by atoms with Gasteiger partial charge in [0.25, 0.3) is 0 Å². The number of aromatic nitrogens is 2. The van der Waals surface area contributed by atoms with E-state index in [1.165, 1.54) is 4.88 Å². The summed E-state index contributed by atoms with van der Waals surface area (Å²) in [6.07, 6.45) is 3.96. The number of sulfone groups is 1. The molecule has 0 amide bonds. The molecule has 1 saturated heterocycles. The summed E-state index contributed by atoms with van der Waals surface area (Å²) in [7, 11) is -3.26. The molecule has 2 aliphatic heterocycles. The highest BCUT2D eigenvalue weighted by molar-refractivity contribution is 7.92. The molecule has 2 aromatic heterocycles. The van der Waals surface area contributed by atoms with E-state index in [1.807, 2.05) is 29.1 Å². The van der Waals surface area contributed by atoms with Gasteiger partial charge in [-0.05, 0) is 48.6 Å². The number of thiophene rings is 1. The van der Waals surface area contributed by atoms with Gasteiger partial charge in [-0.15, -0.1) is 11.3 Å². The fourth-order valence-electron chi connectivity index (χ4n) is 4.45. The molecule has 0 radical (unpaired) electrons. The summed E-state index contributed by atoms with van der Waals surface area (Å²) in [6.45, 7) is 6.31. The Morgan fingerprint density at radius 1 is 1.25 bits per heavy atom. The van der Waals surface area contributed by atoms with E-state index < -0.39 is 9.84 Å². The van der Waals surface area contributed by atoms with Crippen molar-refractivity contribution in [2.24, 2.45) is 0 Å². The first kappa shape index (κ1) is 18.1. The number of hydrogen-bond acceptors (Lipinski definition) is 5. The van der Waals surface area contributed by atoms with E-state index in [-0.39, 0.29) is 11.2 Å². The number of nitrogens with zero attached hydrogens (tertiary/aromatic N) is 3. The molecular weight excluding hydrogens is 390 g/mol. The Morgan fingerprint density at radius 3 is 2.82 bits per heavy atom. The van der Waals surface area contributed by atoms with E-state index >= 15 is 0 Å². The maximum atomic E-state index is 13.1. The van der Waals surface area contributed by atoms with E-state index in [4.69, 9.17) is 0 Å². The maximum Gasteiger partial charge on any atom is 0.183 e. The summed E-state index contributed by atoms with van der Waals surface area (Å²) < 4.78 is 28.2. The number of hydrogen-bond donors (Lipinski definition) is 0. The minimum absolute atomic E-state index is 0.0556. The predicted octanol–water partition coefficient (Wildman–Crippen LogP) is 3.95. The lowest BCUT2D eigenvalue weighted by Gasteiger charge is -2.16.